The van der Waals surface area contributed by atoms with Gasteiger partial charge in [-0.05, 0) is 44.9 Å². The summed E-state index contributed by atoms with van der Waals surface area (Å²) in [4.78, 5) is 30.0. The summed E-state index contributed by atoms with van der Waals surface area (Å²) in [6.07, 6.45) is 10.7. The van der Waals surface area contributed by atoms with Crippen LogP contribution in [-0.2, 0) is 14.3 Å². The van der Waals surface area contributed by atoms with Crippen molar-refractivity contribution < 1.29 is 14.3 Å². The van der Waals surface area contributed by atoms with Crippen LogP contribution in [0, 0.1) is 10.8 Å². The zero-order valence-electron chi connectivity index (χ0n) is 15.8. The second-order valence-electron chi connectivity index (χ2n) is 8.24. The van der Waals surface area contributed by atoms with Crippen molar-refractivity contribution in [1.29, 1.82) is 0 Å². The lowest BCUT2D eigenvalue weighted by molar-refractivity contribution is -0.142. The number of ether oxygens (including phenoxy) is 1. The van der Waals surface area contributed by atoms with Crippen LogP contribution >= 0.6 is 0 Å². The van der Waals surface area contributed by atoms with E-state index in [4.69, 9.17) is 4.74 Å². The maximum absolute atomic E-state index is 13.1. The van der Waals surface area contributed by atoms with Crippen molar-refractivity contribution in [2.75, 3.05) is 39.9 Å². The minimum absolute atomic E-state index is 0.240. The van der Waals surface area contributed by atoms with Gasteiger partial charge in [0.15, 0.2) is 0 Å². The zero-order chi connectivity index (χ0) is 17.9. The molecule has 1 spiro atoms. The molecule has 2 unspecified atom stereocenters. The van der Waals surface area contributed by atoms with Crippen molar-refractivity contribution in [3.8, 4) is 0 Å². The third kappa shape index (κ3) is 3.62. The Hall–Kier alpha value is -1.36. The van der Waals surface area contributed by atoms with E-state index in [0.29, 0.717) is 13.2 Å². The highest BCUT2D eigenvalue weighted by Gasteiger charge is 2.48. The topological polar surface area (TPSA) is 49.9 Å². The van der Waals surface area contributed by atoms with Crippen molar-refractivity contribution in [2.45, 2.75) is 51.9 Å². The van der Waals surface area contributed by atoms with E-state index in [0.717, 1.165) is 64.6 Å². The van der Waals surface area contributed by atoms with Crippen LogP contribution in [0.2, 0.25) is 0 Å². The molecule has 0 saturated carbocycles. The van der Waals surface area contributed by atoms with Gasteiger partial charge in [-0.2, -0.15) is 0 Å². The fourth-order valence-corrected chi connectivity index (χ4v) is 4.71. The van der Waals surface area contributed by atoms with Crippen LogP contribution < -0.4 is 0 Å². The number of carbonyl (C=O) groups excluding carboxylic acids is 2. The molecule has 0 aromatic heterocycles. The molecule has 2 saturated heterocycles. The van der Waals surface area contributed by atoms with Crippen molar-refractivity contribution in [1.82, 2.24) is 9.80 Å². The molecular formula is C20H32N2O3. The molecule has 2 atom stereocenters. The van der Waals surface area contributed by atoms with E-state index >= 15 is 0 Å². The molecule has 5 heteroatoms. The molecule has 0 aromatic rings. The normalized spacial score (nSPS) is 33.1. The number of allylic oxidation sites excluding steroid dienone is 2. The highest BCUT2D eigenvalue weighted by atomic mass is 16.5. The van der Waals surface area contributed by atoms with E-state index in [9.17, 15) is 9.59 Å². The Morgan fingerprint density at radius 1 is 1.16 bits per heavy atom. The minimum atomic E-state index is -0.254. The Labute approximate surface area is 151 Å². The Kier molecular flexibility index (Phi) is 5.52. The second-order valence-corrected chi connectivity index (χ2v) is 8.24. The van der Waals surface area contributed by atoms with Crippen molar-refractivity contribution >= 4 is 11.8 Å². The zero-order valence-corrected chi connectivity index (χ0v) is 15.8. The molecule has 2 aliphatic heterocycles. The SMILES string of the molecule is COCCN1CCC2(CCCN(C(=O)C3(C)CC=CCC3)CC2)C1=O. The summed E-state index contributed by atoms with van der Waals surface area (Å²) in [6.45, 7) is 5.74. The smallest absolute Gasteiger partial charge is 0.229 e. The predicted molar refractivity (Wildman–Crippen MR) is 97.0 cm³/mol. The third-order valence-corrected chi connectivity index (χ3v) is 6.51. The van der Waals surface area contributed by atoms with Gasteiger partial charge in [0.05, 0.1) is 17.4 Å². The molecule has 0 N–H and O–H groups in total. The molecule has 0 radical (unpaired) electrons. The monoisotopic (exact) mass is 348 g/mol. The van der Waals surface area contributed by atoms with Gasteiger partial charge in [0.1, 0.15) is 0 Å². The van der Waals surface area contributed by atoms with E-state index in [2.05, 4.69) is 19.1 Å². The first-order valence-corrected chi connectivity index (χ1v) is 9.73. The molecule has 0 aromatic carbocycles. The van der Waals surface area contributed by atoms with Crippen molar-refractivity contribution in [2.24, 2.45) is 10.8 Å². The van der Waals surface area contributed by atoms with E-state index in [1.54, 1.807) is 7.11 Å². The fourth-order valence-electron chi connectivity index (χ4n) is 4.71. The number of hydrogen-bond donors (Lipinski definition) is 0. The lowest BCUT2D eigenvalue weighted by Crippen LogP contribution is -2.44. The average molecular weight is 348 g/mol. The van der Waals surface area contributed by atoms with Crippen molar-refractivity contribution in [3.05, 3.63) is 12.2 Å². The molecule has 2 fully saturated rings. The summed E-state index contributed by atoms with van der Waals surface area (Å²) in [6, 6.07) is 0. The molecular weight excluding hydrogens is 316 g/mol. The Morgan fingerprint density at radius 3 is 2.68 bits per heavy atom. The first-order valence-electron chi connectivity index (χ1n) is 9.73. The number of likely N-dealkylation sites (tertiary alicyclic amines) is 2. The molecule has 2 amide bonds. The summed E-state index contributed by atoms with van der Waals surface area (Å²) in [5.74, 6) is 0.571. The van der Waals surface area contributed by atoms with Crippen LogP contribution in [0.15, 0.2) is 12.2 Å². The molecule has 3 rings (SSSR count). The van der Waals surface area contributed by atoms with Gasteiger partial charge in [-0.15, -0.1) is 0 Å². The standard InChI is InChI=1S/C20H32N2O3/c1-19(7-4-3-5-8-19)17(23)21-12-6-9-20(10-13-21)11-14-22(18(20)24)15-16-25-2/h3-4H,5-16H2,1-2H3. The molecule has 25 heavy (non-hydrogen) atoms. The van der Waals surface area contributed by atoms with Crippen molar-refractivity contribution in [3.63, 3.8) is 0 Å². The largest absolute Gasteiger partial charge is 0.383 e. The van der Waals surface area contributed by atoms with Crippen LogP contribution in [0.4, 0.5) is 0 Å². The van der Waals surface area contributed by atoms with Gasteiger partial charge < -0.3 is 14.5 Å². The van der Waals surface area contributed by atoms with E-state index in [1.165, 1.54) is 0 Å². The Morgan fingerprint density at radius 2 is 1.96 bits per heavy atom. The first kappa shape index (κ1) is 18.4. The highest BCUT2D eigenvalue weighted by Crippen LogP contribution is 2.42. The summed E-state index contributed by atoms with van der Waals surface area (Å²) >= 11 is 0. The van der Waals surface area contributed by atoms with Gasteiger partial charge >= 0.3 is 0 Å². The number of nitrogens with zero attached hydrogens (tertiary/aromatic N) is 2. The van der Waals surface area contributed by atoms with Gasteiger partial charge in [0, 0.05) is 33.3 Å². The fraction of sp³-hybridized carbons (Fsp3) is 0.800. The van der Waals surface area contributed by atoms with Gasteiger partial charge in [0.2, 0.25) is 11.8 Å². The predicted octanol–water partition coefficient (Wildman–Crippen LogP) is 2.61. The Balaban J connectivity index is 1.64. The van der Waals surface area contributed by atoms with Crippen LogP contribution in [0.25, 0.3) is 0 Å². The van der Waals surface area contributed by atoms with Gasteiger partial charge in [-0.1, -0.05) is 19.1 Å². The molecule has 2 heterocycles. The van der Waals surface area contributed by atoms with E-state index in [1.807, 2.05) is 9.80 Å². The number of hydrogen-bond acceptors (Lipinski definition) is 3. The number of methoxy groups -OCH3 is 1. The number of rotatable bonds is 4. The molecule has 3 aliphatic rings. The van der Waals surface area contributed by atoms with Crippen LogP contribution in [-0.4, -0.2) is 61.5 Å². The van der Waals surface area contributed by atoms with Crippen LogP contribution in [0.5, 0.6) is 0 Å². The molecule has 0 bridgehead atoms. The summed E-state index contributed by atoms with van der Waals surface area (Å²) < 4.78 is 5.13. The number of carbonyl (C=O) groups is 2. The average Bonchev–Trinajstić information content (AvgIpc) is 2.80. The van der Waals surface area contributed by atoms with E-state index < -0.39 is 0 Å². The van der Waals surface area contributed by atoms with Crippen LogP contribution in [0.1, 0.15) is 51.9 Å². The summed E-state index contributed by atoms with van der Waals surface area (Å²) in [5, 5.41) is 0. The van der Waals surface area contributed by atoms with Gasteiger partial charge in [-0.25, -0.2) is 0 Å². The van der Waals surface area contributed by atoms with E-state index in [-0.39, 0.29) is 22.6 Å². The third-order valence-electron chi connectivity index (χ3n) is 6.51. The molecule has 1 aliphatic carbocycles. The van der Waals surface area contributed by atoms with Crippen LogP contribution in [0.3, 0.4) is 0 Å². The number of amides is 2. The summed E-state index contributed by atoms with van der Waals surface area (Å²) in [5.41, 5.74) is -0.493. The Bertz CT molecular complexity index is 547. The minimum Gasteiger partial charge on any atom is -0.383 e. The first-order chi connectivity index (χ1) is 12.0. The van der Waals surface area contributed by atoms with Gasteiger partial charge in [-0.3, -0.25) is 9.59 Å². The lowest BCUT2D eigenvalue weighted by Gasteiger charge is -2.35. The summed E-state index contributed by atoms with van der Waals surface area (Å²) in [7, 11) is 1.67. The molecule has 140 valence electrons. The lowest BCUT2D eigenvalue weighted by atomic mass is 9.77. The molecule has 5 nitrogen and oxygen atoms in total. The second kappa shape index (κ2) is 7.48. The maximum Gasteiger partial charge on any atom is 0.229 e. The van der Waals surface area contributed by atoms with Gasteiger partial charge in [0.25, 0.3) is 0 Å². The maximum atomic E-state index is 13.1. The quantitative estimate of drug-likeness (QED) is 0.734. The highest BCUT2D eigenvalue weighted by molar-refractivity contribution is 5.86.